The Labute approximate surface area is 109 Å². The van der Waals surface area contributed by atoms with Crippen molar-refractivity contribution in [3.05, 3.63) is 34.4 Å². The van der Waals surface area contributed by atoms with E-state index < -0.39 is 10.9 Å². The minimum atomic E-state index is -0.945. The van der Waals surface area contributed by atoms with Crippen LogP contribution in [0.15, 0.2) is 24.3 Å². The number of carboxylic acids is 1. The monoisotopic (exact) mass is 266 g/mol. The number of anilines is 1. The molecule has 0 aliphatic carbocycles. The van der Waals surface area contributed by atoms with Gasteiger partial charge in [-0.15, -0.1) is 0 Å². The Morgan fingerprint density at radius 2 is 2.26 bits per heavy atom. The summed E-state index contributed by atoms with van der Waals surface area (Å²) in [5.41, 5.74) is 0.432. The second-order valence-electron chi connectivity index (χ2n) is 4.27. The molecule has 2 rings (SSSR count). The molecule has 1 aromatic rings. The lowest BCUT2D eigenvalue weighted by Crippen LogP contribution is -2.46. The van der Waals surface area contributed by atoms with E-state index in [0.29, 0.717) is 18.8 Å². The molecule has 1 aromatic carbocycles. The molecule has 1 N–H and O–H groups in total. The number of benzene rings is 1. The summed E-state index contributed by atoms with van der Waals surface area (Å²) < 4.78 is 5.26. The van der Waals surface area contributed by atoms with Gasteiger partial charge in [-0.05, 0) is 6.07 Å². The number of nitrogens with zero attached hydrogens (tertiary/aromatic N) is 2. The van der Waals surface area contributed by atoms with Crippen LogP contribution in [0.2, 0.25) is 0 Å². The van der Waals surface area contributed by atoms with E-state index in [2.05, 4.69) is 0 Å². The van der Waals surface area contributed by atoms with Crippen molar-refractivity contribution in [1.29, 1.82) is 0 Å². The summed E-state index contributed by atoms with van der Waals surface area (Å²) in [6.07, 6.45) is -0.105. The summed E-state index contributed by atoms with van der Waals surface area (Å²) in [5.74, 6) is -0.945. The summed E-state index contributed by atoms with van der Waals surface area (Å²) in [6.45, 7) is 1.14. The minimum absolute atomic E-state index is 0.0141. The van der Waals surface area contributed by atoms with E-state index in [9.17, 15) is 14.9 Å². The first kappa shape index (κ1) is 13.3. The number of hydrogen-bond donors (Lipinski definition) is 1. The number of nitro benzene ring substituents is 1. The van der Waals surface area contributed by atoms with Crippen LogP contribution in [-0.4, -0.2) is 41.8 Å². The number of carboxylic acid groups (broad SMARTS) is 1. The van der Waals surface area contributed by atoms with Gasteiger partial charge in [0, 0.05) is 12.6 Å². The Kier molecular flexibility index (Phi) is 3.96. The molecule has 7 heteroatoms. The number of para-hydroxylation sites is 2. The van der Waals surface area contributed by atoms with Gasteiger partial charge in [0.1, 0.15) is 5.69 Å². The third-order valence-corrected chi connectivity index (χ3v) is 3.03. The number of aliphatic carboxylic acids is 1. The first-order chi connectivity index (χ1) is 9.09. The lowest BCUT2D eigenvalue weighted by atomic mass is 10.1. The zero-order chi connectivity index (χ0) is 13.8. The molecule has 19 heavy (non-hydrogen) atoms. The maximum Gasteiger partial charge on any atom is 0.305 e. The summed E-state index contributed by atoms with van der Waals surface area (Å²) in [4.78, 5) is 23.2. The molecule has 0 spiro atoms. The highest BCUT2D eigenvalue weighted by Crippen LogP contribution is 2.30. The average molecular weight is 266 g/mol. The van der Waals surface area contributed by atoms with Gasteiger partial charge in [-0.3, -0.25) is 14.9 Å². The van der Waals surface area contributed by atoms with Crippen LogP contribution in [0.5, 0.6) is 0 Å². The van der Waals surface area contributed by atoms with Gasteiger partial charge in [0.2, 0.25) is 0 Å². The molecule has 1 aliphatic rings. The van der Waals surface area contributed by atoms with Crippen molar-refractivity contribution < 1.29 is 19.6 Å². The normalized spacial score (nSPS) is 19.2. The molecule has 0 aromatic heterocycles. The van der Waals surface area contributed by atoms with E-state index in [1.807, 2.05) is 0 Å². The van der Waals surface area contributed by atoms with Gasteiger partial charge in [0.05, 0.1) is 30.6 Å². The highest BCUT2D eigenvalue weighted by atomic mass is 16.6. The lowest BCUT2D eigenvalue weighted by Gasteiger charge is -2.36. The van der Waals surface area contributed by atoms with Gasteiger partial charge in [-0.2, -0.15) is 0 Å². The average Bonchev–Trinajstić information content (AvgIpc) is 2.38. The Hall–Kier alpha value is -2.15. The van der Waals surface area contributed by atoms with E-state index >= 15 is 0 Å². The van der Waals surface area contributed by atoms with Gasteiger partial charge in [-0.25, -0.2) is 0 Å². The van der Waals surface area contributed by atoms with Crippen LogP contribution in [0, 0.1) is 10.1 Å². The summed E-state index contributed by atoms with van der Waals surface area (Å²) in [6, 6.07) is 5.97. The lowest BCUT2D eigenvalue weighted by molar-refractivity contribution is -0.384. The van der Waals surface area contributed by atoms with E-state index in [-0.39, 0.29) is 24.8 Å². The van der Waals surface area contributed by atoms with E-state index in [4.69, 9.17) is 9.84 Å². The van der Waals surface area contributed by atoms with E-state index in [0.717, 1.165) is 0 Å². The van der Waals surface area contributed by atoms with Crippen LogP contribution in [0.3, 0.4) is 0 Å². The van der Waals surface area contributed by atoms with Crippen LogP contribution in [0.1, 0.15) is 6.42 Å². The molecule has 0 bridgehead atoms. The largest absolute Gasteiger partial charge is 0.481 e. The third kappa shape index (κ3) is 3.00. The molecule has 1 fully saturated rings. The van der Waals surface area contributed by atoms with Crippen LogP contribution in [-0.2, 0) is 9.53 Å². The van der Waals surface area contributed by atoms with Crippen molar-refractivity contribution in [2.45, 2.75) is 12.5 Å². The summed E-state index contributed by atoms with van der Waals surface area (Å²) in [5, 5.41) is 19.9. The number of morpholine rings is 1. The van der Waals surface area contributed by atoms with E-state index in [1.165, 1.54) is 6.07 Å². The molecule has 1 saturated heterocycles. The minimum Gasteiger partial charge on any atom is -0.481 e. The van der Waals surface area contributed by atoms with Gasteiger partial charge in [0.15, 0.2) is 0 Å². The molecule has 1 aliphatic heterocycles. The fraction of sp³-hybridized carbons (Fsp3) is 0.417. The Morgan fingerprint density at radius 3 is 2.95 bits per heavy atom. The number of ether oxygens (including phenoxy) is 1. The zero-order valence-electron chi connectivity index (χ0n) is 10.2. The van der Waals surface area contributed by atoms with E-state index in [1.54, 1.807) is 23.1 Å². The van der Waals surface area contributed by atoms with Gasteiger partial charge < -0.3 is 14.7 Å². The Bertz CT molecular complexity index is 491. The number of carbonyl (C=O) groups is 1. The fourth-order valence-corrected chi connectivity index (χ4v) is 2.20. The maximum absolute atomic E-state index is 11.0. The van der Waals surface area contributed by atoms with Crippen molar-refractivity contribution in [2.24, 2.45) is 0 Å². The van der Waals surface area contributed by atoms with Crippen molar-refractivity contribution in [1.82, 2.24) is 0 Å². The molecule has 1 unspecified atom stereocenters. The molecule has 1 atom stereocenters. The van der Waals surface area contributed by atoms with Gasteiger partial charge >= 0.3 is 5.97 Å². The highest BCUT2D eigenvalue weighted by molar-refractivity contribution is 5.70. The van der Waals surface area contributed by atoms with Crippen molar-refractivity contribution >= 4 is 17.3 Å². The SMILES string of the molecule is O=C(O)CC1COCCN1c1ccccc1[N+](=O)[O-]. The van der Waals surface area contributed by atoms with Crippen molar-refractivity contribution in [2.75, 3.05) is 24.7 Å². The summed E-state index contributed by atoms with van der Waals surface area (Å²) >= 11 is 0. The second kappa shape index (κ2) is 5.66. The first-order valence-corrected chi connectivity index (χ1v) is 5.89. The molecule has 0 amide bonds. The topological polar surface area (TPSA) is 92.9 Å². The Balaban J connectivity index is 2.32. The highest BCUT2D eigenvalue weighted by Gasteiger charge is 2.29. The van der Waals surface area contributed by atoms with Crippen LogP contribution in [0.25, 0.3) is 0 Å². The molecule has 0 radical (unpaired) electrons. The molecule has 0 saturated carbocycles. The molecular weight excluding hydrogens is 252 g/mol. The number of rotatable bonds is 4. The van der Waals surface area contributed by atoms with Gasteiger partial charge in [-0.1, -0.05) is 12.1 Å². The third-order valence-electron chi connectivity index (χ3n) is 3.03. The van der Waals surface area contributed by atoms with Crippen LogP contribution < -0.4 is 4.90 Å². The van der Waals surface area contributed by atoms with Crippen LogP contribution >= 0.6 is 0 Å². The summed E-state index contributed by atoms with van der Waals surface area (Å²) in [7, 11) is 0. The Morgan fingerprint density at radius 1 is 1.53 bits per heavy atom. The predicted octanol–water partition coefficient (Wildman–Crippen LogP) is 1.27. The first-order valence-electron chi connectivity index (χ1n) is 5.89. The number of nitro groups is 1. The zero-order valence-corrected chi connectivity index (χ0v) is 10.2. The molecular formula is C12H14N2O5. The van der Waals surface area contributed by atoms with Crippen molar-refractivity contribution in [3.63, 3.8) is 0 Å². The number of hydrogen-bond acceptors (Lipinski definition) is 5. The van der Waals surface area contributed by atoms with Crippen molar-refractivity contribution in [3.8, 4) is 0 Å². The van der Waals surface area contributed by atoms with Gasteiger partial charge in [0.25, 0.3) is 5.69 Å². The second-order valence-corrected chi connectivity index (χ2v) is 4.27. The fourth-order valence-electron chi connectivity index (χ4n) is 2.20. The smallest absolute Gasteiger partial charge is 0.305 e. The quantitative estimate of drug-likeness (QED) is 0.651. The molecule has 7 nitrogen and oxygen atoms in total. The van der Waals surface area contributed by atoms with Crippen LogP contribution in [0.4, 0.5) is 11.4 Å². The molecule has 1 heterocycles. The standard InChI is InChI=1S/C12H14N2O5/c15-12(16)7-9-8-19-6-5-13(9)10-3-1-2-4-11(10)14(17)18/h1-4,9H,5-8H2,(H,15,16). The molecule has 102 valence electrons. The maximum atomic E-state index is 11.0. The predicted molar refractivity (Wildman–Crippen MR) is 67.3 cm³/mol.